The number of piperidine rings is 1. The van der Waals surface area contributed by atoms with Gasteiger partial charge in [0.25, 0.3) is 5.91 Å². The SMILES string of the molecule is Cc1ccc2c(OCCC(c3ccc4c(c3)NC(=O)CO4)C3CCNCC3)cc(F)c(F)c2n1. The number of rotatable bonds is 6. The quantitative estimate of drug-likeness (QED) is 0.550. The lowest BCUT2D eigenvalue weighted by atomic mass is 9.78. The highest BCUT2D eigenvalue weighted by Gasteiger charge is 2.27. The normalized spacial score (nSPS) is 17.1. The Hall–Kier alpha value is -3.26. The Balaban J connectivity index is 1.39. The summed E-state index contributed by atoms with van der Waals surface area (Å²) in [5.41, 5.74) is 2.38. The molecule has 0 aliphatic carbocycles. The zero-order valence-corrected chi connectivity index (χ0v) is 19.0. The van der Waals surface area contributed by atoms with Gasteiger partial charge in [-0.15, -0.1) is 0 Å². The van der Waals surface area contributed by atoms with E-state index in [0.29, 0.717) is 41.5 Å². The molecule has 1 unspecified atom stereocenters. The molecular weight excluding hydrogens is 440 g/mol. The maximum atomic E-state index is 14.3. The summed E-state index contributed by atoms with van der Waals surface area (Å²) in [5.74, 6) is -0.521. The molecule has 2 aliphatic rings. The Bertz CT molecular complexity index is 1230. The van der Waals surface area contributed by atoms with Gasteiger partial charge in [0, 0.05) is 17.1 Å². The molecule has 0 saturated carbocycles. The third-order valence-electron chi connectivity index (χ3n) is 6.68. The number of ether oxygens (including phenoxy) is 2. The Morgan fingerprint density at radius 1 is 1.18 bits per heavy atom. The van der Waals surface area contributed by atoms with Gasteiger partial charge >= 0.3 is 0 Å². The third-order valence-corrected chi connectivity index (χ3v) is 6.68. The summed E-state index contributed by atoms with van der Waals surface area (Å²) in [6, 6.07) is 10.5. The van der Waals surface area contributed by atoms with Crippen LogP contribution in [-0.2, 0) is 4.79 Å². The number of halogens is 2. The van der Waals surface area contributed by atoms with E-state index in [0.717, 1.165) is 37.6 Å². The summed E-state index contributed by atoms with van der Waals surface area (Å²) < 4.78 is 40.0. The fourth-order valence-electron chi connectivity index (χ4n) is 4.96. The van der Waals surface area contributed by atoms with Crippen LogP contribution in [-0.4, -0.2) is 37.2 Å². The van der Waals surface area contributed by atoms with E-state index in [4.69, 9.17) is 9.47 Å². The molecule has 178 valence electrons. The van der Waals surface area contributed by atoms with Crippen LogP contribution < -0.4 is 20.1 Å². The van der Waals surface area contributed by atoms with Gasteiger partial charge < -0.3 is 20.1 Å². The van der Waals surface area contributed by atoms with Gasteiger partial charge in [0.1, 0.15) is 17.0 Å². The van der Waals surface area contributed by atoms with Gasteiger partial charge in [0.15, 0.2) is 18.2 Å². The molecule has 5 rings (SSSR count). The molecule has 1 saturated heterocycles. The molecule has 3 aromatic rings. The van der Waals surface area contributed by atoms with Crippen molar-refractivity contribution in [3.05, 3.63) is 59.3 Å². The molecule has 0 radical (unpaired) electrons. The van der Waals surface area contributed by atoms with E-state index in [2.05, 4.69) is 15.6 Å². The predicted octanol–water partition coefficient (Wildman–Crippen LogP) is 4.70. The summed E-state index contributed by atoms with van der Waals surface area (Å²) in [6.45, 7) is 3.99. The second kappa shape index (κ2) is 9.54. The Morgan fingerprint density at radius 3 is 2.82 bits per heavy atom. The Morgan fingerprint density at radius 2 is 2.00 bits per heavy atom. The van der Waals surface area contributed by atoms with Gasteiger partial charge in [0.2, 0.25) is 0 Å². The molecule has 8 heteroatoms. The molecule has 2 aliphatic heterocycles. The molecular formula is C26H27F2N3O3. The second-order valence-electron chi connectivity index (χ2n) is 8.94. The van der Waals surface area contributed by atoms with Crippen LogP contribution in [0, 0.1) is 24.5 Å². The number of amides is 1. The van der Waals surface area contributed by atoms with Gasteiger partial charge in [-0.05, 0) is 80.9 Å². The first kappa shape index (κ1) is 22.5. The smallest absolute Gasteiger partial charge is 0.262 e. The number of carbonyl (C=O) groups is 1. The van der Waals surface area contributed by atoms with Gasteiger partial charge in [-0.1, -0.05) is 6.07 Å². The van der Waals surface area contributed by atoms with Crippen LogP contribution in [0.1, 0.15) is 36.4 Å². The largest absolute Gasteiger partial charge is 0.493 e. The van der Waals surface area contributed by atoms with Crippen LogP contribution in [0.25, 0.3) is 10.9 Å². The number of aromatic nitrogens is 1. The van der Waals surface area contributed by atoms with E-state index < -0.39 is 11.6 Å². The van der Waals surface area contributed by atoms with E-state index in [1.54, 1.807) is 19.1 Å². The van der Waals surface area contributed by atoms with Gasteiger partial charge in [0.05, 0.1) is 12.3 Å². The average molecular weight is 468 g/mol. The average Bonchev–Trinajstić information content (AvgIpc) is 2.85. The fraction of sp³-hybridized carbons (Fsp3) is 0.385. The molecule has 34 heavy (non-hydrogen) atoms. The monoisotopic (exact) mass is 467 g/mol. The topological polar surface area (TPSA) is 72.5 Å². The van der Waals surface area contributed by atoms with E-state index in [1.807, 2.05) is 18.2 Å². The summed E-state index contributed by atoms with van der Waals surface area (Å²) in [6.07, 6.45) is 2.75. The maximum Gasteiger partial charge on any atom is 0.262 e. The molecule has 3 heterocycles. The highest BCUT2D eigenvalue weighted by molar-refractivity contribution is 5.95. The number of anilines is 1. The lowest BCUT2D eigenvalue weighted by Crippen LogP contribution is -2.31. The number of nitrogens with zero attached hydrogens (tertiary/aromatic N) is 1. The van der Waals surface area contributed by atoms with Crippen molar-refractivity contribution >= 4 is 22.5 Å². The Kier molecular flexibility index (Phi) is 6.32. The van der Waals surface area contributed by atoms with Crippen molar-refractivity contribution in [2.75, 3.05) is 31.6 Å². The minimum absolute atomic E-state index is 0.0182. The summed E-state index contributed by atoms with van der Waals surface area (Å²) in [5, 5.41) is 6.74. The second-order valence-corrected chi connectivity index (χ2v) is 8.94. The van der Waals surface area contributed by atoms with E-state index >= 15 is 0 Å². The van der Waals surface area contributed by atoms with Crippen molar-refractivity contribution in [2.45, 2.75) is 32.1 Å². The number of pyridine rings is 1. The van der Waals surface area contributed by atoms with E-state index in [1.165, 1.54) is 0 Å². The summed E-state index contributed by atoms with van der Waals surface area (Å²) >= 11 is 0. The third kappa shape index (κ3) is 4.55. The maximum absolute atomic E-state index is 14.3. The number of hydrogen-bond acceptors (Lipinski definition) is 5. The van der Waals surface area contributed by atoms with Crippen LogP contribution in [0.15, 0.2) is 36.4 Å². The minimum Gasteiger partial charge on any atom is -0.493 e. The number of aryl methyl sites for hydroxylation is 1. The first-order valence-corrected chi connectivity index (χ1v) is 11.6. The lowest BCUT2D eigenvalue weighted by molar-refractivity contribution is -0.118. The molecule has 2 N–H and O–H groups in total. The van der Waals surface area contributed by atoms with Crippen molar-refractivity contribution in [3.8, 4) is 11.5 Å². The van der Waals surface area contributed by atoms with Crippen LogP contribution >= 0.6 is 0 Å². The highest BCUT2D eigenvalue weighted by Crippen LogP contribution is 2.38. The van der Waals surface area contributed by atoms with E-state index in [-0.39, 0.29) is 29.7 Å². The van der Waals surface area contributed by atoms with Crippen LogP contribution in [0.2, 0.25) is 0 Å². The first-order chi connectivity index (χ1) is 16.5. The summed E-state index contributed by atoms with van der Waals surface area (Å²) in [4.78, 5) is 15.9. The number of nitrogens with one attached hydrogen (secondary N) is 2. The van der Waals surface area contributed by atoms with Crippen molar-refractivity contribution in [1.29, 1.82) is 0 Å². The van der Waals surface area contributed by atoms with Crippen molar-refractivity contribution in [3.63, 3.8) is 0 Å². The standard InChI is InChI=1S/C26H27F2N3O3/c1-15-2-4-19-23(13-20(27)25(28)26(19)30-15)33-11-8-18(16-6-9-29-10-7-16)17-3-5-22-21(12-17)31-24(32)14-34-22/h2-5,12-13,16,18,29H,6-11,14H2,1H3,(H,31,32). The molecule has 6 nitrogen and oxygen atoms in total. The van der Waals surface area contributed by atoms with Crippen LogP contribution in [0.3, 0.4) is 0 Å². The summed E-state index contributed by atoms with van der Waals surface area (Å²) in [7, 11) is 0. The number of carbonyl (C=O) groups excluding carboxylic acids is 1. The van der Waals surface area contributed by atoms with E-state index in [9.17, 15) is 13.6 Å². The number of hydrogen-bond donors (Lipinski definition) is 2. The van der Waals surface area contributed by atoms with Gasteiger partial charge in [-0.3, -0.25) is 4.79 Å². The molecule has 2 aromatic carbocycles. The predicted molar refractivity (Wildman–Crippen MR) is 125 cm³/mol. The first-order valence-electron chi connectivity index (χ1n) is 11.6. The van der Waals surface area contributed by atoms with Crippen molar-refractivity contribution in [2.24, 2.45) is 5.92 Å². The molecule has 1 atom stereocenters. The van der Waals surface area contributed by atoms with Crippen LogP contribution in [0.5, 0.6) is 11.5 Å². The Labute approximate surface area is 196 Å². The lowest BCUT2D eigenvalue weighted by Gasteiger charge is -2.32. The van der Waals surface area contributed by atoms with Gasteiger partial charge in [-0.25, -0.2) is 13.8 Å². The number of benzene rings is 2. The number of fused-ring (bicyclic) bond motifs is 2. The zero-order chi connectivity index (χ0) is 23.7. The molecule has 1 fully saturated rings. The highest BCUT2D eigenvalue weighted by atomic mass is 19.2. The molecule has 1 amide bonds. The molecule has 1 aromatic heterocycles. The van der Waals surface area contributed by atoms with Crippen molar-refractivity contribution in [1.82, 2.24) is 10.3 Å². The minimum atomic E-state index is -0.971. The van der Waals surface area contributed by atoms with Crippen molar-refractivity contribution < 1.29 is 23.0 Å². The molecule has 0 spiro atoms. The fourth-order valence-corrected chi connectivity index (χ4v) is 4.96. The molecule has 0 bridgehead atoms. The zero-order valence-electron chi connectivity index (χ0n) is 19.0. The van der Waals surface area contributed by atoms with Crippen LogP contribution in [0.4, 0.5) is 14.5 Å². The van der Waals surface area contributed by atoms with Gasteiger partial charge in [-0.2, -0.15) is 0 Å².